The summed E-state index contributed by atoms with van der Waals surface area (Å²) >= 11 is 1.71. The summed E-state index contributed by atoms with van der Waals surface area (Å²) in [6.45, 7) is 6.80. The number of rotatable bonds is 3. The number of nitrogens with one attached hydrogen (secondary N) is 1. The molecule has 0 radical (unpaired) electrons. The first-order chi connectivity index (χ1) is 10.1. The minimum absolute atomic E-state index is 0.608. The van der Waals surface area contributed by atoms with Crippen LogP contribution < -0.4 is 5.32 Å². The number of thiazole rings is 1. The number of benzene rings is 1. The first-order valence-electron chi connectivity index (χ1n) is 7.89. The van der Waals surface area contributed by atoms with Crippen molar-refractivity contribution in [2.24, 2.45) is 11.8 Å². The number of nitrogens with zero attached hydrogens (tertiary/aromatic N) is 1. The Labute approximate surface area is 131 Å². The fraction of sp³-hybridized carbons (Fsp3) is 0.500. The van der Waals surface area contributed by atoms with Crippen molar-refractivity contribution in [3.63, 3.8) is 0 Å². The second kappa shape index (κ2) is 6.18. The summed E-state index contributed by atoms with van der Waals surface area (Å²) in [6.07, 6.45) is 3.94. The molecule has 2 aromatic rings. The van der Waals surface area contributed by atoms with Gasteiger partial charge in [-0.15, -0.1) is 11.3 Å². The van der Waals surface area contributed by atoms with Gasteiger partial charge in [0.05, 0.1) is 10.7 Å². The number of aromatic nitrogens is 1. The van der Waals surface area contributed by atoms with Gasteiger partial charge in [0.1, 0.15) is 0 Å². The maximum atomic E-state index is 4.58. The Morgan fingerprint density at radius 3 is 2.57 bits per heavy atom. The molecule has 0 spiro atoms. The Hall–Kier alpha value is -1.35. The monoisotopic (exact) mass is 300 g/mol. The van der Waals surface area contributed by atoms with E-state index in [1.165, 1.54) is 30.5 Å². The Balaban J connectivity index is 1.74. The zero-order valence-corrected chi connectivity index (χ0v) is 13.9. The van der Waals surface area contributed by atoms with E-state index in [0.717, 1.165) is 22.5 Å². The molecule has 2 atom stereocenters. The van der Waals surface area contributed by atoms with Crippen LogP contribution in [-0.2, 0) is 0 Å². The number of hydrogen-bond acceptors (Lipinski definition) is 3. The van der Waals surface area contributed by atoms with E-state index in [1.807, 2.05) is 0 Å². The van der Waals surface area contributed by atoms with Crippen LogP contribution in [0.1, 0.15) is 38.1 Å². The molecule has 0 amide bonds. The zero-order valence-electron chi connectivity index (χ0n) is 13.1. The summed E-state index contributed by atoms with van der Waals surface area (Å²) in [6, 6.07) is 9.29. The lowest BCUT2D eigenvalue weighted by Crippen LogP contribution is -2.30. The van der Waals surface area contributed by atoms with Crippen LogP contribution in [0.4, 0.5) is 5.69 Å². The van der Waals surface area contributed by atoms with Gasteiger partial charge >= 0.3 is 0 Å². The third-order valence-electron chi connectivity index (χ3n) is 4.33. The highest BCUT2D eigenvalue weighted by molar-refractivity contribution is 7.09. The SMILES string of the molecule is Cc1nc(-c2cccc(NC3CC(C)CC(C)C3)c2)cs1. The lowest BCUT2D eigenvalue weighted by molar-refractivity contribution is 0.281. The minimum Gasteiger partial charge on any atom is -0.382 e. The van der Waals surface area contributed by atoms with Gasteiger partial charge in [0, 0.05) is 22.7 Å². The summed E-state index contributed by atoms with van der Waals surface area (Å²) in [4.78, 5) is 4.58. The second-order valence-corrected chi connectivity index (χ2v) is 7.65. The van der Waals surface area contributed by atoms with Gasteiger partial charge in [-0.25, -0.2) is 4.98 Å². The van der Waals surface area contributed by atoms with E-state index in [-0.39, 0.29) is 0 Å². The zero-order chi connectivity index (χ0) is 14.8. The fourth-order valence-corrected chi connectivity index (χ4v) is 4.19. The van der Waals surface area contributed by atoms with Crippen LogP contribution in [0.25, 0.3) is 11.3 Å². The average Bonchev–Trinajstić information content (AvgIpc) is 2.84. The molecule has 1 fully saturated rings. The smallest absolute Gasteiger partial charge is 0.0901 e. The summed E-state index contributed by atoms with van der Waals surface area (Å²) < 4.78 is 0. The molecule has 1 saturated carbocycles. The quantitative estimate of drug-likeness (QED) is 0.826. The minimum atomic E-state index is 0.608. The van der Waals surface area contributed by atoms with Crippen molar-refractivity contribution < 1.29 is 0 Å². The molecule has 1 N–H and O–H groups in total. The van der Waals surface area contributed by atoms with E-state index < -0.39 is 0 Å². The molecule has 0 aliphatic heterocycles. The van der Waals surface area contributed by atoms with Crippen LogP contribution in [0.15, 0.2) is 29.6 Å². The molecule has 1 aliphatic carbocycles. The molecule has 2 unspecified atom stereocenters. The Bertz CT molecular complexity index is 595. The summed E-state index contributed by atoms with van der Waals surface area (Å²) in [5, 5.41) is 7.00. The predicted molar refractivity (Wildman–Crippen MR) is 91.9 cm³/mol. The van der Waals surface area contributed by atoms with Gasteiger partial charge in [-0.2, -0.15) is 0 Å². The van der Waals surface area contributed by atoms with Crippen molar-refractivity contribution in [1.82, 2.24) is 4.98 Å². The molecule has 112 valence electrons. The predicted octanol–water partition coefficient (Wildman–Crippen LogP) is 5.36. The maximum Gasteiger partial charge on any atom is 0.0901 e. The highest BCUT2D eigenvalue weighted by atomic mass is 32.1. The van der Waals surface area contributed by atoms with E-state index >= 15 is 0 Å². The van der Waals surface area contributed by atoms with Gasteiger partial charge in [0.25, 0.3) is 0 Å². The Kier molecular flexibility index (Phi) is 4.29. The Morgan fingerprint density at radius 2 is 1.90 bits per heavy atom. The largest absolute Gasteiger partial charge is 0.382 e. The normalized spacial score (nSPS) is 25.8. The van der Waals surface area contributed by atoms with Gasteiger partial charge < -0.3 is 5.32 Å². The lowest BCUT2D eigenvalue weighted by atomic mass is 9.80. The van der Waals surface area contributed by atoms with Gasteiger partial charge in [0.15, 0.2) is 0 Å². The molecule has 3 rings (SSSR count). The van der Waals surface area contributed by atoms with Crippen molar-refractivity contribution in [2.45, 2.75) is 46.1 Å². The first kappa shape index (κ1) is 14.6. The third-order valence-corrected chi connectivity index (χ3v) is 5.10. The van der Waals surface area contributed by atoms with E-state index in [2.05, 4.69) is 60.7 Å². The first-order valence-corrected chi connectivity index (χ1v) is 8.77. The average molecular weight is 300 g/mol. The van der Waals surface area contributed by atoms with Crippen LogP contribution in [0.5, 0.6) is 0 Å². The molecule has 1 aromatic heterocycles. The van der Waals surface area contributed by atoms with Crippen molar-refractivity contribution in [3.05, 3.63) is 34.7 Å². The topological polar surface area (TPSA) is 24.9 Å². The number of anilines is 1. The van der Waals surface area contributed by atoms with Crippen LogP contribution >= 0.6 is 11.3 Å². The third kappa shape index (κ3) is 3.65. The van der Waals surface area contributed by atoms with E-state index in [1.54, 1.807) is 11.3 Å². The van der Waals surface area contributed by atoms with Crippen LogP contribution in [-0.4, -0.2) is 11.0 Å². The molecular formula is C18H24N2S. The van der Waals surface area contributed by atoms with Crippen molar-refractivity contribution >= 4 is 17.0 Å². The molecule has 0 saturated heterocycles. The molecule has 1 heterocycles. The highest BCUT2D eigenvalue weighted by Crippen LogP contribution is 2.31. The number of hydrogen-bond donors (Lipinski definition) is 1. The molecule has 3 heteroatoms. The van der Waals surface area contributed by atoms with Crippen LogP contribution in [0, 0.1) is 18.8 Å². The van der Waals surface area contributed by atoms with E-state index in [4.69, 9.17) is 0 Å². The van der Waals surface area contributed by atoms with Crippen LogP contribution in [0.3, 0.4) is 0 Å². The maximum absolute atomic E-state index is 4.58. The van der Waals surface area contributed by atoms with Crippen molar-refractivity contribution in [2.75, 3.05) is 5.32 Å². The summed E-state index contributed by atoms with van der Waals surface area (Å²) in [5.41, 5.74) is 3.53. The van der Waals surface area contributed by atoms with Gasteiger partial charge in [0.2, 0.25) is 0 Å². The van der Waals surface area contributed by atoms with Gasteiger partial charge in [-0.3, -0.25) is 0 Å². The number of aryl methyl sites for hydroxylation is 1. The molecule has 1 aromatic carbocycles. The highest BCUT2D eigenvalue weighted by Gasteiger charge is 2.23. The lowest BCUT2D eigenvalue weighted by Gasteiger charge is -2.32. The molecule has 1 aliphatic rings. The fourth-order valence-electron chi connectivity index (χ4n) is 3.56. The van der Waals surface area contributed by atoms with Crippen molar-refractivity contribution in [3.8, 4) is 11.3 Å². The summed E-state index contributed by atoms with van der Waals surface area (Å²) in [7, 11) is 0. The molecule has 21 heavy (non-hydrogen) atoms. The second-order valence-electron chi connectivity index (χ2n) is 6.59. The van der Waals surface area contributed by atoms with E-state index in [9.17, 15) is 0 Å². The molecule has 2 nitrogen and oxygen atoms in total. The van der Waals surface area contributed by atoms with Crippen LogP contribution in [0.2, 0.25) is 0 Å². The van der Waals surface area contributed by atoms with Gasteiger partial charge in [-0.1, -0.05) is 26.0 Å². The Morgan fingerprint density at radius 1 is 1.14 bits per heavy atom. The van der Waals surface area contributed by atoms with Crippen molar-refractivity contribution in [1.29, 1.82) is 0 Å². The summed E-state index contributed by atoms with van der Waals surface area (Å²) in [5.74, 6) is 1.66. The standard InChI is InChI=1S/C18H24N2S/c1-12-7-13(2)9-17(8-12)20-16-6-4-5-15(10-16)18-11-21-14(3)19-18/h4-6,10-13,17,20H,7-9H2,1-3H3. The molecular weight excluding hydrogens is 276 g/mol. The molecule has 0 bridgehead atoms. The van der Waals surface area contributed by atoms with Gasteiger partial charge in [-0.05, 0) is 50.2 Å². The van der Waals surface area contributed by atoms with E-state index in [0.29, 0.717) is 6.04 Å².